The van der Waals surface area contributed by atoms with Crippen LogP contribution in [0.3, 0.4) is 0 Å². The van der Waals surface area contributed by atoms with Crippen LogP contribution in [-0.2, 0) is 9.53 Å². The Morgan fingerprint density at radius 2 is 1.94 bits per heavy atom. The van der Waals surface area contributed by atoms with E-state index < -0.39 is 6.04 Å². The van der Waals surface area contributed by atoms with Crippen molar-refractivity contribution in [1.82, 2.24) is 5.32 Å². The number of methoxy groups -OCH3 is 1. The molecule has 0 radical (unpaired) electrons. The zero-order valence-electron chi connectivity index (χ0n) is 9.40. The van der Waals surface area contributed by atoms with Crippen molar-refractivity contribution in [3.8, 4) is 0 Å². The molecule has 1 N–H and O–H groups in total. The maximum absolute atomic E-state index is 11.6. The van der Waals surface area contributed by atoms with Crippen LogP contribution in [0.5, 0.6) is 0 Å². The highest BCUT2D eigenvalue weighted by molar-refractivity contribution is 5.97. The lowest BCUT2D eigenvalue weighted by molar-refractivity contribution is -0.142. The van der Waals surface area contributed by atoms with E-state index in [9.17, 15) is 9.59 Å². The average molecular weight is 221 g/mol. The molecule has 0 heterocycles. The van der Waals surface area contributed by atoms with E-state index in [1.807, 2.05) is 6.07 Å². The van der Waals surface area contributed by atoms with Crippen LogP contribution in [0.2, 0.25) is 0 Å². The molecule has 0 spiro atoms. The average Bonchev–Trinajstić information content (AvgIpc) is 2.35. The second kappa shape index (κ2) is 6.02. The Labute approximate surface area is 94.6 Å². The zero-order chi connectivity index (χ0) is 12.0. The molecule has 86 valence electrons. The summed E-state index contributed by atoms with van der Waals surface area (Å²) in [5.74, 6) is -0.419. The predicted molar refractivity (Wildman–Crippen MR) is 60.3 cm³/mol. The van der Waals surface area contributed by atoms with Crippen molar-refractivity contribution >= 4 is 11.8 Å². The third-order valence-electron chi connectivity index (χ3n) is 2.22. The summed E-state index contributed by atoms with van der Waals surface area (Å²) in [5, 5.41) is 2.81. The lowest BCUT2D eigenvalue weighted by Crippen LogP contribution is -2.38. The molecule has 0 saturated heterocycles. The van der Waals surface area contributed by atoms with Crippen molar-refractivity contribution in [1.29, 1.82) is 0 Å². The van der Waals surface area contributed by atoms with Crippen LogP contribution in [-0.4, -0.2) is 31.4 Å². The van der Waals surface area contributed by atoms with Crippen molar-refractivity contribution in [2.45, 2.75) is 13.0 Å². The van der Waals surface area contributed by atoms with Crippen LogP contribution < -0.4 is 5.32 Å². The van der Waals surface area contributed by atoms with E-state index in [-0.39, 0.29) is 18.3 Å². The lowest BCUT2D eigenvalue weighted by Gasteiger charge is -2.10. The van der Waals surface area contributed by atoms with Gasteiger partial charge in [-0.2, -0.15) is 0 Å². The van der Waals surface area contributed by atoms with Crippen molar-refractivity contribution in [3.05, 3.63) is 35.9 Å². The SMILES string of the molecule is COC(=O)[C@@H](C)NCC(=O)c1ccccc1. The van der Waals surface area contributed by atoms with E-state index >= 15 is 0 Å². The van der Waals surface area contributed by atoms with E-state index in [2.05, 4.69) is 10.1 Å². The topological polar surface area (TPSA) is 55.4 Å². The summed E-state index contributed by atoms with van der Waals surface area (Å²) in [6, 6.07) is 8.46. The van der Waals surface area contributed by atoms with Gasteiger partial charge in [0.05, 0.1) is 13.7 Å². The summed E-state index contributed by atoms with van der Waals surface area (Å²) in [6.45, 7) is 1.78. The summed E-state index contributed by atoms with van der Waals surface area (Å²) < 4.78 is 4.54. The molecule has 0 bridgehead atoms. The first-order valence-corrected chi connectivity index (χ1v) is 5.04. The highest BCUT2D eigenvalue weighted by Crippen LogP contribution is 1.99. The lowest BCUT2D eigenvalue weighted by atomic mass is 10.1. The molecule has 4 heteroatoms. The summed E-state index contributed by atoms with van der Waals surface area (Å²) >= 11 is 0. The number of nitrogens with one attached hydrogen (secondary N) is 1. The molecule has 0 aliphatic heterocycles. The number of esters is 1. The van der Waals surface area contributed by atoms with Gasteiger partial charge in [0.1, 0.15) is 6.04 Å². The quantitative estimate of drug-likeness (QED) is 0.595. The van der Waals surface area contributed by atoms with Crippen LogP contribution in [0.4, 0.5) is 0 Å². The molecule has 0 saturated carbocycles. The Balaban J connectivity index is 2.45. The number of Topliss-reactive ketones (excluding diaryl/α,β-unsaturated/α-hetero) is 1. The smallest absolute Gasteiger partial charge is 0.322 e. The number of benzene rings is 1. The van der Waals surface area contributed by atoms with E-state index in [1.165, 1.54) is 7.11 Å². The summed E-state index contributed by atoms with van der Waals surface area (Å²) in [4.78, 5) is 22.7. The van der Waals surface area contributed by atoms with Gasteiger partial charge in [0.15, 0.2) is 5.78 Å². The van der Waals surface area contributed by atoms with Crippen LogP contribution in [0.15, 0.2) is 30.3 Å². The normalized spacial score (nSPS) is 11.9. The summed E-state index contributed by atoms with van der Waals surface area (Å²) in [5.41, 5.74) is 0.632. The Bertz CT molecular complexity index is 362. The van der Waals surface area contributed by atoms with Gasteiger partial charge in [0.2, 0.25) is 0 Å². The molecular weight excluding hydrogens is 206 g/mol. The molecule has 0 aliphatic rings. The van der Waals surface area contributed by atoms with E-state index in [4.69, 9.17) is 0 Å². The van der Waals surface area contributed by atoms with Crippen LogP contribution >= 0.6 is 0 Å². The second-order valence-electron chi connectivity index (χ2n) is 3.41. The fourth-order valence-corrected chi connectivity index (χ4v) is 1.23. The summed E-state index contributed by atoms with van der Waals surface area (Å²) in [7, 11) is 1.32. The van der Waals surface area contributed by atoms with E-state index in [0.29, 0.717) is 5.56 Å². The maximum atomic E-state index is 11.6. The molecule has 1 atom stereocenters. The minimum Gasteiger partial charge on any atom is -0.468 e. The standard InChI is InChI=1S/C12H15NO3/c1-9(12(15)16-2)13-8-11(14)10-6-4-3-5-7-10/h3-7,9,13H,8H2,1-2H3/t9-/m1/s1. The Kier molecular flexibility index (Phi) is 4.66. The molecule has 4 nitrogen and oxygen atoms in total. The fourth-order valence-electron chi connectivity index (χ4n) is 1.23. The second-order valence-corrected chi connectivity index (χ2v) is 3.41. The van der Waals surface area contributed by atoms with E-state index in [1.54, 1.807) is 31.2 Å². The number of ketones is 1. The van der Waals surface area contributed by atoms with Gasteiger partial charge in [0, 0.05) is 5.56 Å². The Hall–Kier alpha value is -1.68. The zero-order valence-corrected chi connectivity index (χ0v) is 9.40. The molecule has 16 heavy (non-hydrogen) atoms. The number of rotatable bonds is 5. The number of carbonyl (C=O) groups is 2. The first-order valence-electron chi connectivity index (χ1n) is 5.04. The van der Waals surface area contributed by atoms with Crippen molar-refractivity contribution < 1.29 is 14.3 Å². The van der Waals surface area contributed by atoms with E-state index in [0.717, 1.165) is 0 Å². The third-order valence-corrected chi connectivity index (χ3v) is 2.22. The van der Waals surface area contributed by atoms with Gasteiger partial charge in [-0.15, -0.1) is 0 Å². The minimum absolute atomic E-state index is 0.0450. The van der Waals surface area contributed by atoms with Gasteiger partial charge in [0.25, 0.3) is 0 Å². The largest absolute Gasteiger partial charge is 0.468 e. The monoisotopic (exact) mass is 221 g/mol. The molecule has 0 fully saturated rings. The molecule has 0 unspecified atom stereocenters. The van der Waals surface area contributed by atoms with Crippen LogP contribution in [0, 0.1) is 0 Å². The third kappa shape index (κ3) is 3.47. The highest BCUT2D eigenvalue weighted by Gasteiger charge is 2.14. The number of ether oxygens (including phenoxy) is 1. The Morgan fingerprint density at radius 1 is 1.31 bits per heavy atom. The van der Waals surface area contributed by atoms with Crippen molar-refractivity contribution in [2.75, 3.05) is 13.7 Å². The van der Waals surface area contributed by atoms with Crippen molar-refractivity contribution in [3.63, 3.8) is 0 Å². The first kappa shape index (κ1) is 12.4. The number of hydrogen-bond donors (Lipinski definition) is 1. The Morgan fingerprint density at radius 3 is 2.50 bits per heavy atom. The molecule has 0 aromatic heterocycles. The molecule has 0 amide bonds. The number of hydrogen-bond acceptors (Lipinski definition) is 4. The van der Waals surface area contributed by atoms with Gasteiger partial charge in [-0.3, -0.25) is 14.9 Å². The van der Waals surface area contributed by atoms with Gasteiger partial charge >= 0.3 is 5.97 Å². The first-order chi connectivity index (χ1) is 7.65. The minimum atomic E-state index is -0.474. The van der Waals surface area contributed by atoms with Gasteiger partial charge < -0.3 is 4.74 Å². The van der Waals surface area contributed by atoms with Gasteiger partial charge in [-0.1, -0.05) is 30.3 Å². The summed E-state index contributed by atoms with van der Waals surface area (Å²) in [6.07, 6.45) is 0. The van der Waals surface area contributed by atoms with Crippen LogP contribution in [0.1, 0.15) is 17.3 Å². The fraction of sp³-hybridized carbons (Fsp3) is 0.333. The van der Waals surface area contributed by atoms with Crippen molar-refractivity contribution in [2.24, 2.45) is 0 Å². The highest BCUT2D eigenvalue weighted by atomic mass is 16.5. The molecular formula is C12H15NO3. The molecule has 1 aromatic carbocycles. The predicted octanol–water partition coefficient (Wildman–Crippen LogP) is 1.02. The molecule has 1 aromatic rings. The molecule has 1 rings (SSSR count). The molecule has 0 aliphatic carbocycles. The number of carbonyl (C=O) groups excluding carboxylic acids is 2. The maximum Gasteiger partial charge on any atom is 0.322 e. The van der Waals surface area contributed by atoms with Gasteiger partial charge in [-0.05, 0) is 6.92 Å². The van der Waals surface area contributed by atoms with Crippen LogP contribution in [0.25, 0.3) is 0 Å². The van der Waals surface area contributed by atoms with Gasteiger partial charge in [-0.25, -0.2) is 0 Å².